The van der Waals surface area contributed by atoms with Crippen molar-refractivity contribution in [3.63, 3.8) is 0 Å². The lowest BCUT2D eigenvalue weighted by Crippen LogP contribution is -2.18. The van der Waals surface area contributed by atoms with Crippen LogP contribution in [0.5, 0.6) is 5.88 Å². The number of alkyl halides is 2. The highest BCUT2D eigenvalue weighted by Gasteiger charge is 2.29. The van der Waals surface area contributed by atoms with E-state index < -0.39 is 38.4 Å². The lowest BCUT2D eigenvalue weighted by atomic mass is 10.1. The third kappa shape index (κ3) is 2.48. The Morgan fingerprint density at radius 3 is 2.53 bits per heavy atom. The van der Waals surface area contributed by atoms with Crippen molar-refractivity contribution in [2.75, 3.05) is 7.11 Å². The first-order chi connectivity index (χ1) is 7.82. The van der Waals surface area contributed by atoms with Gasteiger partial charge in [-0.05, 0) is 0 Å². The summed E-state index contributed by atoms with van der Waals surface area (Å²) in [4.78, 5) is 2.48. The number of hydrogen-bond acceptors (Lipinski definition) is 5. The van der Waals surface area contributed by atoms with Gasteiger partial charge in [0.1, 0.15) is 6.07 Å². The van der Waals surface area contributed by atoms with Crippen LogP contribution >= 0.6 is 0 Å². The van der Waals surface area contributed by atoms with Crippen LogP contribution in [0.4, 0.5) is 8.78 Å². The van der Waals surface area contributed by atoms with E-state index in [0.29, 0.717) is 0 Å². The van der Waals surface area contributed by atoms with Crippen molar-refractivity contribution < 1.29 is 21.9 Å². The molecule has 0 atom stereocenters. The SMILES string of the molecule is COc1ncc(C#N)c(C(F)F)c1S(N)(=O)=O. The van der Waals surface area contributed by atoms with E-state index in [1.165, 1.54) is 6.07 Å². The van der Waals surface area contributed by atoms with Gasteiger partial charge in [0.05, 0.1) is 18.2 Å². The number of halogens is 2. The molecule has 17 heavy (non-hydrogen) atoms. The molecule has 9 heteroatoms. The number of ether oxygens (including phenoxy) is 1. The molecular formula is C8H7F2N3O3S. The minimum atomic E-state index is -4.47. The van der Waals surface area contributed by atoms with Crippen LogP contribution in [-0.2, 0) is 10.0 Å². The zero-order valence-corrected chi connectivity index (χ0v) is 9.33. The Balaban J connectivity index is 3.80. The molecule has 1 aromatic rings. The van der Waals surface area contributed by atoms with Gasteiger partial charge < -0.3 is 4.74 Å². The highest BCUT2D eigenvalue weighted by molar-refractivity contribution is 7.89. The largest absolute Gasteiger partial charge is 0.480 e. The highest BCUT2D eigenvalue weighted by atomic mass is 32.2. The van der Waals surface area contributed by atoms with E-state index in [-0.39, 0.29) is 0 Å². The topological polar surface area (TPSA) is 106 Å². The summed E-state index contributed by atoms with van der Waals surface area (Å²) in [6, 6.07) is 1.42. The molecule has 92 valence electrons. The van der Waals surface area contributed by atoms with E-state index in [9.17, 15) is 17.2 Å². The number of nitrogens with two attached hydrogens (primary N) is 1. The number of rotatable bonds is 3. The molecule has 0 saturated carbocycles. The summed E-state index contributed by atoms with van der Waals surface area (Å²) in [6.07, 6.45) is -2.38. The molecule has 1 heterocycles. The lowest BCUT2D eigenvalue weighted by molar-refractivity contribution is 0.146. The summed E-state index contributed by atoms with van der Waals surface area (Å²) < 4.78 is 52.5. The van der Waals surface area contributed by atoms with Crippen molar-refractivity contribution in [2.45, 2.75) is 11.3 Å². The average Bonchev–Trinajstić information content (AvgIpc) is 2.25. The van der Waals surface area contributed by atoms with Crippen molar-refractivity contribution in [2.24, 2.45) is 5.14 Å². The van der Waals surface area contributed by atoms with Crippen LogP contribution in [0.1, 0.15) is 17.6 Å². The van der Waals surface area contributed by atoms with E-state index in [4.69, 9.17) is 10.4 Å². The normalized spacial score (nSPS) is 11.3. The van der Waals surface area contributed by atoms with Gasteiger partial charge in [-0.15, -0.1) is 0 Å². The predicted molar refractivity (Wildman–Crippen MR) is 51.8 cm³/mol. The maximum absolute atomic E-state index is 12.8. The Morgan fingerprint density at radius 2 is 2.18 bits per heavy atom. The van der Waals surface area contributed by atoms with Gasteiger partial charge in [0.2, 0.25) is 15.9 Å². The second kappa shape index (κ2) is 4.60. The Kier molecular flexibility index (Phi) is 3.59. The van der Waals surface area contributed by atoms with E-state index in [1.807, 2.05) is 0 Å². The summed E-state index contributed by atoms with van der Waals surface area (Å²) in [5.41, 5.74) is -1.56. The first kappa shape index (κ1) is 13.3. The minimum absolute atomic E-state index is 0.565. The molecule has 0 saturated heterocycles. The van der Waals surface area contributed by atoms with Crippen LogP contribution in [-0.4, -0.2) is 20.5 Å². The maximum atomic E-state index is 12.8. The number of nitriles is 1. The average molecular weight is 263 g/mol. The molecule has 0 radical (unpaired) electrons. The quantitative estimate of drug-likeness (QED) is 0.856. The minimum Gasteiger partial charge on any atom is -0.480 e. The summed E-state index contributed by atoms with van der Waals surface area (Å²) in [5.74, 6) is -0.568. The molecule has 0 amide bonds. The van der Waals surface area contributed by atoms with Crippen LogP contribution in [0.15, 0.2) is 11.1 Å². The molecule has 0 aliphatic heterocycles. The van der Waals surface area contributed by atoms with E-state index in [2.05, 4.69) is 9.72 Å². The second-order valence-electron chi connectivity index (χ2n) is 2.88. The van der Waals surface area contributed by atoms with Crippen LogP contribution in [0, 0.1) is 11.3 Å². The Morgan fingerprint density at radius 1 is 1.59 bits per heavy atom. The summed E-state index contributed by atoms with van der Waals surface area (Å²) in [7, 11) is -3.42. The van der Waals surface area contributed by atoms with Crippen molar-refractivity contribution in [3.8, 4) is 11.9 Å². The fourth-order valence-electron chi connectivity index (χ4n) is 1.21. The van der Waals surface area contributed by atoms with Gasteiger partial charge in [-0.3, -0.25) is 0 Å². The fraction of sp³-hybridized carbons (Fsp3) is 0.250. The highest BCUT2D eigenvalue weighted by Crippen LogP contribution is 2.33. The smallest absolute Gasteiger partial charge is 0.266 e. The number of primary sulfonamides is 1. The van der Waals surface area contributed by atoms with Gasteiger partial charge in [-0.25, -0.2) is 27.3 Å². The van der Waals surface area contributed by atoms with E-state index in [1.54, 1.807) is 0 Å². The van der Waals surface area contributed by atoms with Crippen molar-refractivity contribution >= 4 is 10.0 Å². The van der Waals surface area contributed by atoms with Gasteiger partial charge in [0.25, 0.3) is 6.43 Å². The maximum Gasteiger partial charge on any atom is 0.266 e. The number of hydrogen-bond donors (Lipinski definition) is 1. The van der Waals surface area contributed by atoms with Gasteiger partial charge in [-0.2, -0.15) is 5.26 Å². The van der Waals surface area contributed by atoms with Crippen LogP contribution in [0.3, 0.4) is 0 Å². The first-order valence-electron chi connectivity index (χ1n) is 4.10. The standard InChI is InChI=1S/C8H7F2N3O3S/c1-16-8-6(17(12,14)15)5(7(9)10)4(2-11)3-13-8/h3,7H,1H3,(H2,12,14,15). The lowest BCUT2D eigenvalue weighted by Gasteiger charge is -2.11. The molecule has 0 fully saturated rings. The monoisotopic (exact) mass is 263 g/mol. The van der Waals surface area contributed by atoms with Gasteiger partial charge in [-0.1, -0.05) is 0 Å². The molecule has 1 rings (SSSR count). The number of nitrogens with zero attached hydrogens (tertiary/aromatic N) is 2. The zero-order chi connectivity index (χ0) is 13.2. The Hall–Kier alpha value is -1.79. The zero-order valence-electron chi connectivity index (χ0n) is 8.52. The molecule has 0 bridgehead atoms. The summed E-state index contributed by atoms with van der Waals surface area (Å²) in [5, 5.41) is 13.4. The Bertz CT molecular complexity index is 580. The molecular weight excluding hydrogens is 256 g/mol. The second-order valence-corrected chi connectivity index (χ2v) is 4.38. The number of pyridine rings is 1. The molecule has 0 aromatic carbocycles. The number of methoxy groups -OCH3 is 1. The predicted octanol–water partition coefficient (Wildman–Crippen LogP) is 0.547. The molecule has 6 nitrogen and oxygen atoms in total. The Labute approximate surface area is 95.7 Å². The van der Waals surface area contributed by atoms with Crippen LogP contribution in [0.25, 0.3) is 0 Å². The first-order valence-corrected chi connectivity index (χ1v) is 5.65. The third-order valence-electron chi connectivity index (χ3n) is 1.86. The van der Waals surface area contributed by atoms with Crippen molar-refractivity contribution in [3.05, 3.63) is 17.3 Å². The molecule has 1 aromatic heterocycles. The van der Waals surface area contributed by atoms with Gasteiger partial charge >= 0.3 is 0 Å². The summed E-state index contributed by atoms with van der Waals surface area (Å²) in [6.45, 7) is 0. The van der Waals surface area contributed by atoms with Gasteiger partial charge in [0, 0.05) is 6.20 Å². The molecule has 0 unspecified atom stereocenters. The molecule has 2 N–H and O–H groups in total. The molecule has 0 aliphatic rings. The molecule has 0 spiro atoms. The molecule has 0 aliphatic carbocycles. The third-order valence-corrected chi connectivity index (χ3v) is 2.82. The van der Waals surface area contributed by atoms with Crippen LogP contribution < -0.4 is 9.88 Å². The fourth-order valence-corrected chi connectivity index (χ4v) is 2.10. The summed E-state index contributed by atoms with van der Waals surface area (Å²) >= 11 is 0. The number of aromatic nitrogens is 1. The van der Waals surface area contributed by atoms with E-state index in [0.717, 1.165) is 13.3 Å². The van der Waals surface area contributed by atoms with Crippen molar-refractivity contribution in [1.82, 2.24) is 4.98 Å². The van der Waals surface area contributed by atoms with Gasteiger partial charge in [0.15, 0.2) is 4.90 Å². The van der Waals surface area contributed by atoms with Crippen LogP contribution in [0.2, 0.25) is 0 Å². The number of sulfonamides is 1. The van der Waals surface area contributed by atoms with E-state index >= 15 is 0 Å². The van der Waals surface area contributed by atoms with Crippen molar-refractivity contribution in [1.29, 1.82) is 5.26 Å².